The van der Waals surface area contributed by atoms with E-state index in [-0.39, 0.29) is 5.54 Å². The van der Waals surface area contributed by atoms with Crippen molar-refractivity contribution in [2.24, 2.45) is 5.92 Å². The molecule has 1 saturated carbocycles. The van der Waals surface area contributed by atoms with Crippen molar-refractivity contribution in [1.29, 1.82) is 0 Å². The normalized spacial score (nSPS) is 23.9. The number of nitrogens with zero attached hydrogens (tertiary/aromatic N) is 1. The lowest BCUT2D eigenvalue weighted by Gasteiger charge is -2.41. The number of hydrogen-bond donors (Lipinski definition) is 1. The molecule has 0 radical (unpaired) electrons. The van der Waals surface area contributed by atoms with Gasteiger partial charge < -0.3 is 10.2 Å². The van der Waals surface area contributed by atoms with Gasteiger partial charge in [0.1, 0.15) is 0 Å². The summed E-state index contributed by atoms with van der Waals surface area (Å²) in [5.41, 5.74) is 1.69. The molecular formula is C18H30N2. The predicted molar refractivity (Wildman–Crippen MR) is 87.1 cm³/mol. The second-order valence-corrected chi connectivity index (χ2v) is 6.90. The van der Waals surface area contributed by atoms with Crippen LogP contribution in [0.15, 0.2) is 30.3 Å². The Bertz CT molecular complexity index is 411. The Morgan fingerprint density at radius 3 is 2.45 bits per heavy atom. The summed E-state index contributed by atoms with van der Waals surface area (Å²) in [5, 5.41) is 3.81. The third-order valence-electron chi connectivity index (χ3n) is 5.02. The topological polar surface area (TPSA) is 15.3 Å². The molecule has 3 atom stereocenters. The lowest BCUT2D eigenvalue weighted by Crippen LogP contribution is -2.56. The first-order valence-electron chi connectivity index (χ1n) is 7.94. The van der Waals surface area contributed by atoms with Gasteiger partial charge in [-0.3, -0.25) is 0 Å². The molecule has 0 amide bonds. The third-order valence-corrected chi connectivity index (χ3v) is 5.02. The zero-order valence-electron chi connectivity index (χ0n) is 13.7. The van der Waals surface area contributed by atoms with Gasteiger partial charge in [-0.25, -0.2) is 0 Å². The van der Waals surface area contributed by atoms with Gasteiger partial charge in [0.2, 0.25) is 0 Å². The van der Waals surface area contributed by atoms with Gasteiger partial charge in [0.15, 0.2) is 0 Å². The van der Waals surface area contributed by atoms with Crippen LogP contribution in [0.25, 0.3) is 0 Å². The van der Waals surface area contributed by atoms with Crippen LogP contribution in [0.5, 0.6) is 0 Å². The lowest BCUT2D eigenvalue weighted by molar-refractivity contribution is 0.124. The smallest absolute Gasteiger partial charge is 0.0303 e. The first-order chi connectivity index (χ1) is 9.48. The van der Waals surface area contributed by atoms with Gasteiger partial charge in [-0.05, 0) is 64.7 Å². The van der Waals surface area contributed by atoms with Gasteiger partial charge in [0.05, 0.1) is 0 Å². The Kier molecular flexibility index (Phi) is 4.87. The number of hydrogen-bond acceptors (Lipinski definition) is 2. The number of nitrogens with one attached hydrogen (secondary N) is 1. The van der Waals surface area contributed by atoms with E-state index in [1.807, 2.05) is 0 Å². The van der Waals surface area contributed by atoms with E-state index in [1.165, 1.54) is 18.4 Å². The van der Waals surface area contributed by atoms with Crippen LogP contribution in [0, 0.1) is 5.92 Å². The van der Waals surface area contributed by atoms with E-state index in [0.29, 0.717) is 6.04 Å². The first-order valence-corrected chi connectivity index (χ1v) is 7.94. The molecule has 0 heterocycles. The molecule has 1 aliphatic rings. The fourth-order valence-electron chi connectivity index (χ4n) is 3.17. The Labute approximate surface area is 124 Å². The van der Waals surface area contributed by atoms with Gasteiger partial charge in [-0.1, -0.05) is 37.3 Å². The van der Waals surface area contributed by atoms with Crippen molar-refractivity contribution in [3.05, 3.63) is 35.9 Å². The molecule has 0 bridgehead atoms. The molecule has 2 nitrogen and oxygen atoms in total. The highest BCUT2D eigenvalue weighted by atomic mass is 15.2. The Morgan fingerprint density at radius 2 is 1.90 bits per heavy atom. The molecule has 1 fully saturated rings. The minimum atomic E-state index is 0.184. The van der Waals surface area contributed by atoms with Crippen LogP contribution in [0.1, 0.15) is 45.1 Å². The van der Waals surface area contributed by atoms with Gasteiger partial charge >= 0.3 is 0 Å². The summed E-state index contributed by atoms with van der Waals surface area (Å²) < 4.78 is 0. The van der Waals surface area contributed by atoms with Crippen molar-refractivity contribution in [2.75, 3.05) is 20.6 Å². The zero-order chi connectivity index (χ0) is 14.8. The molecular weight excluding hydrogens is 244 g/mol. The minimum Gasteiger partial charge on any atom is -0.312 e. The summed E-state index contributed by atoms with van der Waals surface area (Å²) in [6, 6.07) is 11.6. The molecule has 0 spiro atoms. The Hall–Kier alpha value is -0.860. The van der Waals surface area contributed by atoms with Crippen LogP contribution in [0.3, 0.4) is 0 Å². The largest absolute Gasteiger partial charge is 0.312 e. The van der Waals surface area contributed by atoms with Gasteiger partial charge in [0.25, 0.3) is 0 Å². The van der Waals surface area contributed by atoms with Gasteiger partial charge in [-0.15, -0.1) is 0 Å². The second kappa shape index (κ2) is 6.28. The highest BCUT2D eigenvalue weighted by Crippen LogP contribution is 2.51. The quantitative estimate of drug-likeness (QED) is 0.818. The van der Waals surface area contributed by atoms with E-state index in [0.717, 1.165) is 18.4 Å². The van der Waals surface area contributed by atoms with E-state index >= 15 is 0 Å². The van der Waals surface area contributed by atoms with E-state index < -0.39 is 0 Å². The van der Waals surface area contributed by atoms with Crippen molar-refractivity contribution >= 4 is 0 Å². The SMILES string of the molecule is CCCNC(C1CC1c1ccccc1)C(C)(C)N(C)C. The second-order valence-electron chi connectivity index (χ2n) is 6.90. The van der Waals surface area contributed by atoms with Gasteiger partial charge in [0, 0.05) is 11.6 Å². The molecule has 2 heteroatoms. The summed E-state index contributed by atoms with van der Waals surface area (Å²) in [6.45, 7) is 8.08. The number of rotatable bonds is 7. The average Bonchev–Trinajstić information content (AvgIpc) is 3.20. The average molecular weight is 274 g/mol. The number of likely N-dealkylation sites (N-methyl/N-ethyl adjacent to an activating group) is 1. The summed E-state index contributed by atoms with van der Waals surface area (Å²) >= 11 is 0. The highest BCUT2D eigenvalue weighted by Gasteiger charge is 2.49. The van der Waals surface area contributed by atoms with Crippen molar-refractivity contribution in [3.63, 3.8) is 0 Å². The van der Waals surface area contributed by atoms with Crippen LogP contribution in [-0.4, -0.2) is 37.1 Å². The number of benzene rings is 1. The highest BCUT2D eigenvalue weighted by molar-refractivity contribution is 5.27. The van der Waals surface area contributed by atoms with E-state index in [1.54, 1.807) is 0 Å². The fraction of sp³-hybridized carbons (Fsp3) is 0.667. The molecule has 1 N–H and O–H groups in total. The van der Waals surface area contributed by atoms with Crippen LogP contribution in [0.2, 0.25) is 0 Å². The minimum absolute atomic E-state index is 0.184. The van der Waals surface area contributed by atoms with Crippen molar-refractivity contribution in [3.8, 4) is 0 Å². The first kappa shape index (κ1) is 15.5. The Balaban J connectivity index is 2.10. The molecule has 0 aliphatic heterocycles. The molecule has 2 rings (SSSR count). The molecule has 1 aromatic rings. The monoisotopic (exact) mass is 274 g/mol. The van der Waals surface area contributed by atoms with E-state index in [2.05, 4.69) is 75.4 Å². The third kappa shape index (κ3) is 3.24. The maximum Gasteiger partial charge on any atom is 0.0303 e. The zero-order valence-corrected chi connectivity index (χ0v) is 13.7. The van der Waals surface area contributed by atoms with Crippen LogP contribution >= 0.6 is 0 Å². The standard InChI is InChI=1S/C18H30N2/c1-6-12-19-17(18(2,3)20(4)5)16-13-15(16)14-10-8-7-9-11-14/h7-11,15-17,19H,6,12-13H2,1-5H3. The van der Waals surface area contributed by atoms with Crippen LogP contribution in [0.4, 0.5) is 0 Å². The predicted octanol–water partition coefficient (Wildman–Crippen LogP) is 3.50. The maximum absolute atomic E-state index is 3.81. The summed E-state index contributed by atoms with van der Waals surface area (Å²) in [5.74, 6) is 1.51. The van der Waals surface area contributed by atoms with Crippen molar-refractivity contribution in [1.82, 2.24) is 10.2 Å². The molecule has 0 saturated heterocycles. The fourth-order valence-corrected chi connectivity index (χ4v) is 3.17. The molecule has 20 heavy (non-hydrogen) atoms. The summed E-state index contributed by atoms with van der Waals surface area (Å²) in [6.07, 6.45) is 2.52. The van der Waals surface area contributed by atoms with Crippen LogP contribution < -0.4 is 5.32 Å². The van der Waals surface area contributed by atoms with E-state index in [4.69, 9.17) is 0 Å². The van der Waals surface area contributed by atoms with Crippen molar-refractivity contribution < 1.29 is 0 Å². The van der Waals surface area contributed by atoms with E-state index in [9.17, 15) is 0 Å². The molecule has 112 valence electrons. The van der Waals surface area contributed by atoms with Gasteiger partial charge in [-0.2, -0.15) is 0 Å². The molecule has 1 aromatic carbocycles. The van der Waals surface area contributed by atoms with Crippen molar-refractivity contribution in [2.45, 2.75) is 51.1 Å². The lowest BCUT2D eigenvalue weighted by atomic mass is 9.87. The Morgan fingerprint density at radius 1 is 1.25 bits per heavy atom. The van der Waals surface area contributed by atoms with Crippen LogP contribution in [-0.2, 0) is 0 Å². The summed E-state index contributed by atoms with van der Waals surface area (Å²) in [7, 11) is 4.39. The molecule has 1 aliphatic carbocycles. The molecule has 0 aromatic heterocycles. The maximum atomic E-state index is 3.81. The summed E-state index contributed by atoms with van der Waals surface area (Å²) in [4.78, 5) is 2.36. The molecule has 3 unspecified atom stereocenters.